The number of alkyl halides is 2. The number of fused-ring (bicyclic) bond motifs is 5. The van der Waals surface area contributed by atoms with E-state index in [1.165, 1.54) is 11.3 Å². The molecule has 27 heavy (non-hydrogen) atoms. The number of thiophene rings is 1. The van der Waals surface area contributed by atoms with Gasteiger partial charge < -0.3 is 0 Å². The first-order valence-electron chi connectivity index (χ1n) is 8.19. The largest absolute Gasteiger partial charge is 0.333 e. The maximum Gasteiger partial charge on any atom is 0.333 e. The zero-order chi connectivity index (χ0) is 18.9. The number of hydrogen-bond acceptors (Lipinski definition) is 6. The summed E-state index contributed by atoms with van der Waals surface area (Å²) in [7, 11) is 0. The van der Waals surface area contributed by atoms with E-state index >= 15 is 0 Å². The Morgan fingerprint density at radius 3 is 2.63 bits per heavy atom. The normalized spacial score (nSPS) is 12.2. The lowest BCUT2D eigenvalue weighted by atomic mass is 10.1. The van der Waals surface area contributed by atoms with Gasteiger partial charge in [0, 0.05) is 16.8 Å². The lowest BCUT2D eigenvalue weighted by Gasteiger charge is -1.99. The van der Waals surface area contributed by atoms with Gasteiger partial charge in [0.2, 0.25) is 5.82 Å². The summed E-state index contributed by atoms with van der Waals surface area (Å²) in [5.41, 5.74) is 4.12. The third-order valence-electron chi connectivity index (χ3n) is 4.43. The van der Waals surface area contributed by atoms with Gasteiger partial charge in [-0.15, -0.1) is 16.4 Å². The number of pyridine rings is 1. The summed E-state index contributed by atoms with van der Waals surface area (Å²) in [5.74, 6) is 0.283. The van der Waals surface area contributed by atoms with Crippen LogP contribution in [0.1, 0.15) is 23.5 Å². The summed E-state index contributed by atoms with van der Waals surface area (Å²) in [4.78, 5) is 14.6. The standard InChI is InChI=1S/C17H13F2N7S/c1-7-4-8(2)21-16-11(7)12-13(27-16)15-22-14(24-25(15)6-20-12)10-5-9(3)26(23-10)17(18)19/h4-6,17H,1-3H3. The fourth-order valence-electron chi connectivity index (χ4n) is 3.27. The monoisotopic (exact) mass is 385 g/mol. The number of rotatable bonds is 2. The van der Waals surface area contributed by atoms with Crippen LogP contribution < -0.4 is 0 Å². The van der Waals surface area contributed by atoms with Gasteiger partial charge in [-0.05, 0) is 38.5 Å². The van der Waals surface area contributed by atoms with Crippen molar-refractivity contribution in [2.24, 2.45) is 0 Å². The first kappa shape index (κ1) is 16.2. The van der Waals surface area contributed by atoms with E-state index in [4.69, 9.17) is 0 Å². The van der Waals surface area contributed by atoms with Crippen molar-refractivity contribution < 1.29 is 8.78 Å². The summed E-state index contributed by atoms with van der Waals surface area (Å²) in [5, 5.41) is 9.29. The molecule has 0 aromatic carbocycles. The molecule has 0 aliphatic carbocycles. The van der Waals surface area contributed by atoms with Crippen LogP contribution in [-0.2, 0) is 0 Å². The highest BCUT2D eigenvalue weighted by atomic mass is 32.1. The SMILES string of the molecule is Cc1cc(C)c2c(n1)sc1c2ncn2nc(-c3cc(C)n(C(F)F)n3)nc12. The van der Waals surface area contributed by atoms with Gasteiger partial charge in [0.25, 0.3) is 0 Å². The summed E-state index contributed by atoms with van der Waals surface area (Å²) in [6.45, 7) is 2.85. The molecule has 0 fully saturated rings. The lowest BCUT2D eigenvalue weighted by molar-refractivity contribution is 0.0546. The highest BCUT2D eigenvalue weighted by molar-refractivity contribution is 7.26. The van der Waals surface area contributed by atoms with Gasteiger partial charge in [0.15, 0.2) is 5.65 Å². The summed E-state index contributed by atoms with van der Waals surface area (Å²) in [6.07, 6.45) is 1.58. The van der Waals surface area contributed by atoms with Crippen molar-refractivity contribution in [1.82, 2.24) is 34.3 Å². The summed E-state index contributed by atoms with van der Waals surface area (Å²) in [6, 6.07) is 3.57. The Labute approximate surface area is 155 Å². The Morgan fingerprint density at radius 2 is 1.89 bits per heavy atom. The molecule has 0 saturated heterocycles. The molecule has 5 rings (SSSR count). The lowest BCUT2D eigenvalue weighted by Crippen LogP contribution is -2.02. The zero-order valence-electron chi connectivity index (χ0n) is 14.6. The average Bonchev–Trinajstić information content (AvgIpc) is 3.27. The molecule has 10 heteroatoms. The molecule has 0 aliphatic heterocycles. The van der Waals surface area contributed by atoms with E-state index in [1.807, 2.05) is 19.9 Å². The van der Waals surface area contributed by atoms with Crippen LogP contribution in [0.3, 0.4) is 0 Å². The fourth-order valence-corrected chi connectivity index (χ4v) is 4.50. The molecular weight excluding hydrogens is 372 g/mol. The number of halogens is 2. The van der Waals surface area contributed by atoms with E-state index in [9.17, 15) is 8.78 Å². The predicted octanol–water partition coefficient (Wildman–Crippen LogP) is 4.07. The summed E-state index contributed by atoms with van der Waals surface area (Å²) >= 11 is 1.50. The van der Waals surface area contributed by atoms with Crippen LogP contribution in [0.25, 0.3) is 37.6 Å². The van der Waals surface area contributed by atoms with Gasteiger partial charge in [-0.1, -0.05) is 0 Å². The van der Waals surface area contributed by atoms with Crippen molar-refractivity contribution in [1.29, 1.82) is 0 Å². The topological polar surface area (TPSA) is 73.8 Å². The van der Waals surface area contributed by atoms with Crippen LogP contribution in [-0.4, -0.2) is 34.3 Å². The van der Waals surface area contributed by atoms with Crippen molar-refractivity contribution in [3.8, 4) is 11.5 Å². The highest BCUT2D eigenvalue weighted by Gasteiger charge is 2.19. The van der Waals surface area contributed by atoms with Gasteiger partial charge in [-0.25, -0.2) is 24.1 Å². The molecule has 0 amide bonds. The molecule has 0 spiro atoms. The molecule has 5 aromatic rings. The second kappa shape index (κ2) is 5.49. The minimum absolute atomic E-state index is 0.283. The number of aromatic nitrogens is 7. The third kappa shape index (κ3) is 2.33. The second-order valence-corrected chi connectivity index (χ2v) is 7.38. The van der Waals surface area contributed by atoms with Gasteiger partial charge in [-0.2, -0.15) is 13.9 Å². The predicted molar refractivity (Wildman–Crippen MR) is 98.2 cm³/mol. The average molecular weight is 385 g/mol. The van der Waals surface area contributed by atoms with E-state index in [0.717, 1.165) is 31.7 Å². The molecule has 0 unspecified atom stereocenters. The molecule has 0 atom stereocenters. The van der Waals surface area contributed by atoms with Crippen molar-refractivity contribution in [2.45, 2.75) is 27.3 Å². The maximum absolute atomic E-state index is 13.0. The van der Waals surface area contributed by atoms with E-state index in [2.05, 4.69) is 25.1 Å². The maximum atomic E-state index is 13.0. The Bertz CT molecular complexity index is 1350. The van der Waals surface area contributed by atoms with Crippen LogP contribution in [0, 0.1) is 20.8 Å². The van der Waals surface area contributed by atoms with E-state index in [0.29, 0.717) is 21.7 Å². The molecule has 7 nitrogen and oxygen atoms in total. The van der Waals surface area contributed by atoms with Gasteiger partial charge in [-0.3, -0.25) is 0 Å². The highest BCUT2D eigenvalue weighted by Crippen LogP contribution is 2.35. The number of hydrogen-bond donors (Lipinski definition) is 0. The quantitative estimate of drug-likeness (QED) is 0.458. The Morgan fingerprint density at radius 1 is 1.07 bits per heavy atom. The van der Waals surface area contributed by atoms with E-state index in [1.54, 1.807) is 23.8 Å². The molecule has 0 saturated carbocycles. The Hall–Kier alpha value is -3.01. The molecule has 5 heterocycles. The first-order chi connectivity index (χ1) is 12.9. The molecule has 0 aliphatic rings. The van der Waals surface area contributed by atoms with Crippen LogP contribution in [0.2, 0.25) is 0 Å². The van der Waals surface area contributed by atoms with E-state index in [-0.39, 0.29) is 5.82 Å². The molecule has 0 bridgehead atoms. The fraction of sp³-hybridized carbons (Fsp3) is 0.235. The third-order valence-corrected chi connectivity index (χ3v) is 5.50. The molecule has 0 radical (unpaired) electrons. The van der Waals surface area contributed by atoms with Crippen LogP contribution in [0.15, 0.2) is 18.5 Å². The Kier molecular flexibility index (Phi) is 3.29. The van der Waals surface area contributed by atoms with Crippen LogP contribution >= 0.6 is 11.3 Å². The minimum Gasteiger partial charge on any atom is -0.242 e. The van der Waals surface area contributed by atoms with Crippen LogP contribution in [0.4, 0.5) is 8.78 Å². The second-order valence-electron chi connectivity index (χ2n) is 6.38. The zero-order valence-corrected chi connectivity index (χ0v) is 15.4. The summed E-state index contributed by atoms with van der Waals surface area (Å²) < 4.78 is 29.1. The molecule has 136 valence electrons. The first-order valence-corrected chi connectivity index (χ1v) is 9.00. The van der Waals surface area contributed by atoms with E-state index < -0.39 is 6.55 Å². The minimum atomic E-state index is -2.70. The Balaban J connectivity index is 1.77. The molecular formula is C17H13F2N7S. The van der Waals surface area contributed by atoms with Crippen molar-refractivity contribution in [3.05, 3.63) is 35.4 Å². The number of nitrogens with zero attached hydrogens (tertiary/aromatic N) is 7. The molecule has 0 N–H and O–H groups in total. The number of aryl methyl sites for hydroxylation is 3. The van der Waals surface area contributed by atoms with Crippen molar-refractivity contribution in [3.63, 3.8) is 0 Å². The van der Waals surface area contributed by atoms with Crippen molar-refractivity contribution in [2.75, 3.05) is 0 Å². The van der Waals surface area contributed by atoms with Crippen molar-refractivity contribution >= 4 is 37.4 Å². The van der Waals surface area contributed by atoms with Gasteiger partial charge in [0.1, 0.15) is 21.6 Å². The van der Waals surface area contributed by atoms with Gasteiger partial charge in [0.05, 0.1) is 5.52 Å². The molecule has 5 aromatic heterocycles. The van der Waals surface area contributed by atoms with Crippen LogP contribution in [0.5, 0.6) is 0 Å². The smallest absolute Gasteiger partial charge is 0.242 e. The van der Waals surface area contributed by atoms with Gasteiger partial charge >= 0.3 is 6.55 Å².